The van der Waals surface area contributed by atoms with Gasteiger partial charge in [-0.3, -0.25) is 4.39 Å². The zero-order valence-corrected chi connectivity index (χ0v) is 14.4. The number of hydrogen-bond acceptors (Lipinski definition) is 3. The van der Waals surface area contributed by atoms with Crippen molar-refractivity contribution >= 4 is 12.0 Å². The summed E-state index contributed by atoms with van der Waals surface area (Å²) in [6.07, 6.45) is -0.344. The van der Waals surface area contributed by atoms with Crippen LogP contribution in [-0.2, 0) is 10.9 Å². The molecule has 2 rings (SSSR count). The van der Waals surface area contributed by atoms with E-state index >= 15 is 0 Å². The summed E-state index contributed by atoms with van der Waals surface area (Å²) in [5, 5.41) is 8.56. The Bertz CT molecular complexity index is 756. The number of carbonyl (C=O) groups is 1. The third-order valence-corrected chi connectivity index (χ3v) is 3.53. The van der Waals surface area contributed by atoms with Gasteiger partial charge in [0.1, 0.15) is 11.5 Å². The lowest BCUT2D eigenvalue weighted by Crippen LogP contribution is -2.21. The van der Waals surface area contributed by atoms with Crippen LogP contribution in [0.1, 0.15) is 24.0 Å². The third-order valence-electron chi connectivity index (χ3n) is 3.53. The number of hydrogen-bond donors (Lipinski definition) is 1. The van der Waals surface area contributed by atoms with Crippen LogP contribution < -0.4 is 9.47 Å². The van der Waals surface area contributed by atoms with Crippen molar-refractivity contribution in [1.29, 1.82) is 0 Å². The summed E-state index contributed by atoms with van der Waals surface area (Å²) in [5.74, 6) is -0.673. The van der Waals surface area contributed by atoms with Crippen LogP contribution in [-0.4, -0.2) is 24.4 Å². The first-order chi connectivity index (χ1) is 12.9. The van der Waals surface area contributed by atoms with Gasteiger partial charge in [-0.25, -0.2) is 4.79 Å². The Morgan fingerprint density at radius 3 is 2.22 bits per heavy atom. The maximum Gasteiger partial charge on any atom is 0.426 e. The molecule has 0 bridgehead atoms. The Labute approximate surface area is 154 Å². The lowest BCUT2D eigenvalue weighted by atomic mass is 10.1. The molecule has 4 nitrogen and oxygen atoms in total. The first kappa shape index (κ1) is 20.4. The molecule has 2 aromatic rings. The zero-order chi connectivity index (χ0) is 19.7. The van der Waals surface area contributed by atoms with E-state index in [1.165, 1.54) is 54.6 Å². The number of ether oxygens (including phenoxy) is 2. The van der Waals surface area contributed by atoms with Crippen LogP contribution in [0.4, 0.5) is 13.2 Å². The van der Waals surface area contributed by atoms with Crippen molar-refractivity contribution in [2.24, 2.45) is 0 Å². The number of rotatable bonds is 10. The van der Waals surface area contributed by atoms with Crippen LogP contribution >= 0.6 is 0 Å². The monoisotopic (exact) mass is 380 g/mol. The first-order valence-corrected chi connectivity index (χ1v) is 8.28. The van der Waals surface area contributed by atoms with E-state index in [4.69, 9.17) is 14.6 Å². The van der Waals surface area contributed by atoms with Gasteiger partial charge in [-0.1, -0.05) is 12.1 Å². The van der Waals surface area contributed by atoms with Crippen molar-refractivity contribution in [3.8, 4) is 11.5 Å². The average Bonchev–Trinajstić information content (AvgIpc) is 2.65. The van der Waals surface area contributed by atoms with Gasteiger partial charge in [0.05, 0.1) is 18.8 Å². The fourth-order valence-electron chi connectivity index (χ4n) is 2.15. The molecule has 0 amide bonds. The normalized spacial score (nSPS) is 11.5. The highest BCUT2D eigenvalue weighted by Gasteiger charge is 2.34. The molecular weight excluding hydrogens is 361 g/mol. The predicted molar refractivity (Wildman–Crippen MR) is 94.8 cm³/mol. The minimum atomic E-state index is -3.56. The molecule has 0 saturated carbocycles. The summed E-state index contributed by atoms with van der Waals surface area (Å²) in [6, 6.07) is 10.8. The highest BCUT2D eigenvalue weighted by Crippen LogP contribution is 2.32. The molecule has 0 aliphatic rings. The van der Waals surface area contributed by atoms with Crippen LogP contribution in [0.5, 0.6) is 11.5 Å². The van der Waals surface area contributed by atoms with E-state index in [-0.39, 0.29) is 11.3 Å². The van der Waals surface area contributed by atoms with Gasteiger partial charge in [0.25, 0.3) is 0 Å². The minimum absolute atomic E-state index is 0.0362. The van der Waals surface area contributed by atoms with Crippen molar-refractivity contribution in [2.45, 2.75) is 19.0 Å². The van der Waals surface area contributed by atoms with Gasteiger partial charge >= 0.3 is 12.1 Å². The number of unbranched alkanes of at least 4 members (excludes halogenated alkanes) is 1. The van der Waals surface area contributed by atoms with Gasteiger partial charge in [0.2, 0.25) is 0 Å². The van der Waals surface area contributed by atoms with Gasteiger partial charge in [0.15, 0.2) is 0 Å². The van der Waals surface area contributed by atoms with Gasteiger partial charge in [-0.05, 0) is 60.9 Å². The van der Waals surface area contributed by atoms with Crippen LogP contribution in [0, 0.1) is 0 Å². The molecule has 1 N–H and O–H groups in total. The second kappa shape index (κ2) is 9.66. The van der Waals surface area contributed by atoms with E-state index < -0.39 is 18.8 Å². The first-order valence-electron chi connectivity index (χ1n) is 8.28. The molecule has 0 radical (unpaired) electrons. The van der Waals surface area contributed by atoms with Gasteiger partial charge in [-0.2, -0.15) is 8.78 Å². The number of alkyl halides is 3. The largest absolute Gasteiger partial charge is 0.494 e. The summed E-state index contributed by atoms with van der Waals surface area (Å²) in [6.45, 7) is -0.0506. The lowest BCUT2D eigenvalue weighted by molar-refractivity contribution is -0.185. The number of aliphatic carboxylic acids is 1. The van der Waals surface area contributed by atoms with Gasteiger partial charge in [-0.15, -0.1) is 0 Å². The Balaban J connectivity index is 1.97. The van der Waals surface area contributed by atoms with Crippen molar-refractivity contribution < 1.29 is 32.5 Å². The minimum Gasteiger partial charge on any atom is -0.494 e. The van der Waals surface area contributed by atoms with E-state index in [1.807, 2.05) is 0 Å². The SMILES string of the molecule is O=C(O)/C=C/c1ccc(C(F)(F)Oc2ccc(OCCCCF)cc2)cc1. The van der Waals surface area contributed by atoms with Gasteiger partial charge in [0, 0.05) is 6.08 Å². The topological polar surface area (TPSA) is 55.8 Å². The standard InChI is InChI=1S/C20H19F3O4/c21-13-1-2-14-26-17-8-10-18(11-9-17)27-20(22,23)16-6-3-15(4-7-16)5-12-19(24)25/h3-12H,1-2,13-14H2,(H,24,25)/b12-5+. The second-order valence-electron chi connectivity index (χ2n) is 5.63. The highest BCUT2D eigenvalue weighted by molar-refractivity contribution is 5.85. The number of carboxylic acid groups (broad SMARTS) is 1. The summed E-state index contributed by atoms with van der Waals surface area (Å²) < 4.78 is 50.7. The van der Waals surface area contributed by atoms with E-state index in [9.17, 15) is 18.0 Å². The zero-order valence-electron chi connectivity index (χ0n) is 14.4. The molecule has 27 heavy (non-hydrogen) atoms. The summed E-state index contributed by atoms with van der Waals surface area (Å²) in [7, 11) is 0. The number of benzene rings is 2. The molecule has 0 fully saturated rings. The second-order valence-corrected chi connectivity index (χ2v) is 5.63. The van der Waals surface area contributed by atoms with Crippen LogP contribution in [0.3, 0.4) is 0 Å². The predicted octanol–water partition coefficient (Wildman–Crippen LogP) is 5.04. The Kier molecular flexibility index (Phi) is 7.28. The molecule has 0 aliphatic heterocycles. The summed E-state index contributed by atoms with van der Waals surface area (Å²) in [4.78, 5) is 10.5. The fraction of sp³-hybridized carbons (Fsp3) is 0.250. The van der Waals surface area contributed by atoms with E-state index in [0.717, 1.165) is 6.08 Å². The molecule has 2 aromatic carbocycles. The summed E-state index contributed by atoms with van der Waals surface area (Å²) in [5.41, 5.74) is 0.118. The quantitative estimate of drug-likeness (QED) is 0.463. The van der Waals surface area contributed by atoms with Crippen molar-refractivity contribution in [2.75, 3.05) is 13.3 Å². The van der Waals surface area contributed by atoms with Crippen LogP contribution in [0.2, 0.25) is 0 Å². The maximum absolute atomic E-state index is 14.3. The Hall–Kier alpha value is -2.96. The van der Waals surface area contributed by atoms with Gasteiger partial charge < -0.3 is 14.6 Å². The number of carboxylic acids is 1. The number of halogens is 3. The molecule has 0 heterocycles. The maximum atomic E-state index is 14.3. The molecular formula is C20H19F3O4. The Morgan fingerprint density at radius 1 is 1.00 bits per heavy atom. The molecule has 0 saturated heterocycles. The molecule has 0 aliphatic carbocycles. The average molecular weight is 380 g/mol. The lowest BCUT2D eigenvalue weighted by Gasteiger charge is -2.18. The molecule has 0 spiro atoms. The Morgan fingerprint density at radius 2 is 1.63 bits per heavy atom. The van der Waals surface area contributed by atoms with E-state index in [2.05, 4.69) is 0 Å². The van der Waals surface area contributed by atoms with Crippen LogP contribution in [0.15, 0.2) is 54.6 Å². The molecule has 0 atom stereocenters. The molecule has 144 valence electrons. The van der Waals surface area contributed by atoms with Crippen molar-refractivity contribution in [3.63, 3.8) is 0 Å². The smallest absolute Gasteiger partial charge is 0.426 e. The summed E-state index contributed by atoms with van der Waals surface area (Å²) >= 11 is 0. The molecule has 0 aromatic heterocycles. The highest BCUT2D eigenvalue weighted by atomic mass is 19.3. The van der Waals surface area contributed by atoms with Crippen LogP contribution in [0.25, 0.3) is 6.08 Å². The van der Waals surface area contributed by atoms with E-state index in [0.29, 0.717) is 30.8 Å². The van der Waals surface area contributed by atoms with Crippen molar-refractivity contribution in [1.82, 2.24) is 0 Å². The van der Waals surface area contributed by atoms with Crippen molar-refractivity contribution in [3.05, 3.63) is 65.7 Å². The molecule has 7 heteroatoms. The molecule has 0 unspecified atom stereocenters. The third kappa shape index (κ3) is 6.69. The van der Waals surface area contributed by atoms with E-state index in [1.54, 1.807) is 0 Å². The fourth-order valence-corrected chi connectivity index (χ4v) is 2.15.